The lowest BCUT2D eigenvalue weighted by Gasteiger charge is -2.30. The molecule has 2 fully saturated rings. The van der Waals surface area contributed by atoms with Crippen molar-refractivity contribution in [2.45, 2.75) is 70.7 Å². The molecule has 5 rings (SSSR count). The summed E-state index contributed by atoms with van der Waals surface area (Å²) in [5.74, 6) is -2.07. The van der Waals surface area contributed by atoms with Crippen LogP contribution in [0, 0.1) is 17.7 Å². The molecule has 1 unspecified atom stereocenters. The maximum atomic E-state index is 15.3. The van der Waals surface area contributed by atoms with Gasteiger partial charge in [0.15, 0.2) is 0 Å². The highest BCUT2D eigenvalue weighted by atomic mass is 19.1. The van der Waals surface area contributed by atoms with Gasteiger partial charge in [-0.1, -0.05) is 51.1 Å². The second kappa shape index (κ2) is 18.6. The molecule has 3 heterocycles. The standard InChI is InChI=1S/C39H47FN8O8/c1-22(2)32(45-39(54)56-5)36(51)47-16-6-8-30(47)34-42-20-29(43-34)25-12-10-24(11-13-25)26-14-15-28(27(40)18-26)44-38(53)46-35(50)31-9-7-17-48(31)37(52)33(55-4)23(3)19-41-21-49/h10-15,18,20,22-23,30-33H,6-9,16-17,19H2,1-5H3,(H,42,43)(H,45,54)(H2,44,46,50,53)/t23?,30-,31-,32-,33-/m0/s1. The number of H-pyrrole nitrogens is 1. The number of ether oxygens (including phenoxy) is 2. The van der Waals surface area contributed by atoms with Crippen molar-refractivity contribution in [3.05, 3.63) is 60.3 Å². The molecule has 0 aliphatic carbocycles. The lowest BCUT2D eigenvalue weighted by Crippen LogP contribution is -2.52. The van der Waals surface area contributed by atoms with E-state index in [0.29, 0.717) is 42.8 Å². The Morgan fingerprint density at radius 3 is 2.30 bits per heavy atom. The molecule has 2 aliphatic rings. The third-order valence-electron chi connectivity index (χ3n) is 10.1. The van der Waals surface area contributed by atoms with Crippen molar-refractivity contribution in [3.8, 4) is 22.4 Å². The number of methoxy groups -OCH3 is 2. The molecular weight excluding hydrogens is 727 g/mol. The molecular formula is C39H47FN8O8. The van der Waals surface area contributed by atoms with E-state index in [4.69, 9.17) is 9.47 Å². The van der Waals surface area contributed by atoms with Crippen molar-refractivity contribution in [2.75, 3.05) is 39.2 Å². The summed E-state index contributed by atoms with van der Waals surface area (Å²) in [7, 11) is 2.60. The first-order valence-corrected chi connectivity index (χ1v) is 18.5. The summed E-state index contributed by atoms with van der Waals surface area (Å²) >= 11 is 0. The monoisotopic (exact) mass is 774 g/mol. The summed E-state index contributed by atoms with van der Waals surface area (Å²) in [4.78, 5) is 89.5. The Morgan fingerprint density at radius 2 is 1.64 bits per heavy atom. The van der Waals surface area contributed by atoms with Crippen LogP contribution in [0.25, 0.3) is 22.4 Å². The number of carbonyl (C=O) groups excluding carboxylic acids is 6. The van der Waals surface area contributed by atoms with Crippen LogP contribution < -0.4 is 16.0 Å². The molecule has 56 heavy (non-hydrogen) atoms. The first-order valence-electron chi connectivity index (χ1n) is 18.5. The lowest BCUT2D eigenvalue weighted by atomic mass is 10.0. The molecule has 2 aliphatic heterocycles. The molecule has 0 radical (unpaired) electrons. The summed E-state index contributed by atoms with van der Waals surface area (Å²) in [5, 5.41) is 7.22. The third-order valence-corrected chi connectivity index (χ3v) is 10.1. The summed E-state index contributed by atoms with van der Waals surface area (Å²) in [5.41, 5.74) is 2.65. The number of hydrogen-bond donors (Lipinski definition) is 4. The largest absolute Gasteiger partial charge is 0.453 e. The van der Waals surface area contributed by atoms with Gasteiger partial charge in [-0.25, -0.2) is 28.8 Å². The summed E-state index contributed by atoms with van der Waals surface area (Å²) in [6.07, 6.45) is 3.86. The number of aliphatic imine (C=N–C) groups is 1. The fourth-order valence-corrected chi connectivity index (χ4v) is 7.15. The molecule has 2 saturated heterocycles. The van der Waals surface area contributed by atoms with E-state index in [1.165, 1.54) is 37.3 Å². The van der Waals surface area contributed by atoms with Crippen LogP contribution in [0.3, 0.4) is 0 Å². The Hall–Kier alpha value is -5.93. The topological polar surface area (TPSA) is 204 Å². The average molecular weight is 775 g/mol. The zero-order chi connectivity index (χ0) is 40.5. The number of amides is 6. The van der Waals surface area contributed by atoms with Crippen LogP contribution in [0.1, 0.15) is 58.3 Å². The van der Waals surface area contributed by atoms with Crippen molar-refractivity contribution in [3.63, 3.8) is 0 Å². The first kappa shape index (κ1) is 41.2. The number of aromatic nitrogens is 2. The minimum atomic E-state index is -0.955. The zero-order valence-electron chi connectivity index (χ0n) is 32.0. The van der Waals surface area contributed by atoms with Crippen LogP contribution in [-0.2, 0) is 28.7 Å². The Labute approximate surface area is 323 Å². The molecule has 4 N–H and O–H groups in total. The zero-order valence-corrected chi connectivity index (χ0v) is 32.0. The third kappa shape index (κ3) is 9.47. The van der Waals surface area contributed by atoms with Crippen molar-refractivity contribution < 1.29 is 42.6 Å². The number of alkyl carbamates (subject to hydrolysis) is 1. The summed E-state index contributed by atoms with van der Waals surface area (Å²) < 4.78 is 25.3. The van der Waals surface area contributed by atoms with E-state index in [-0.39, 0.29) is 36.6 Å². The van der Waals surface area contributed by atoms with Gasteiger partial charge in [0.05, 0.1) is 37.3 Å². The quantitative estimate of drug-likeness (QED) is 0.142. The number of urea groups is 1. The normalized spacial score (nSPS) is 18.1. The van der Waals surface area contributed by atoms with Gasteiger partial charge in [0, 0.05) is 26.1 Å². The number of imidazole rings is 1. The van der Waals surface area contributed by atoms with E-state index in [1.54, 1.807) is 24.1 Å². The number of likely N-dealkylation sites (tertiary alicyclic amines) is 2. The van der Waals surface area contributed by atoms with Gasteiger partial charge < -0.3 is 34.9 Å². The van der Waals surface area contributed by atoms with Gasteiger partial charge in [-0.3, -0.25) is 19.7 Å². The number of isocyanates is 1. The smallest absolute Gasteiger partial charge is 0.407 e. The summed E-state index contributed by atoms with van der Waals surface area (Å²) in [6.45, 7) is 6.24. The second-order valence-electron chi connectivity index (χ2n) is 14.2. The van der Waals surface area contributed by atoms with Gasteiger partial charge in [0.2, 0.25) is 12.0 Å². The number of anilines is 1. The molecule has 5 atom stereocenters. The Kier molecular flexibility index (Phi) is 13.7. The van der Waals surface area contributed by atoms with Crippen LogP contribution in [0.5, 0.6) is 0 Å². The number of benzene rings is 2. The van der Waals surface area contributed by atoms with Crippen molar-refractivity contribution >= 4 is 41.6 Å². The number of imide groups is 1. The number of halogens is 1. The second-order valence-corrected chi connectivity index (χ2v) is 14.2. The molecule has 3 aromatic rings. The highest BCUT2D eigenvalue weighted by molar-refractivity contribution is 6.04. The molecule has 6 amide bonds. The SMILES string of the molecule is COC(=O)N[C@H](C(=O)N1CCC[C@H]1c1ncc(-c2ccc(-c3ccc(NC(=O)NC(=O)[C@@H]4CCCN4C(=O)[C@@H](OC)C(C)CN=C=O)c(F)c3)cc2)[nH]1)C(C)C. The lowest BCUT2D eigenvalue weighted by molar-refractivity contribution is -0.148. The van der Waals surface area contributed by atoms with Gasteiger partial charge >= 0.3 is 12.1 Å². The predicted octanol–water partition coefficient (Wildman–Crippen LogP) is 4.55. The van der Waals surface area contributed by atoms with E-state index in [9.17, 15) is 28.8 Å². The Morgan fingerprint density at radius 1 is 0.964 bits per heavy atom. The number of rotatable bonds is 13. The molecule has 2 aromatic carbocycles. The molecule has 298 valence electrons. The molecule has 0 bridgehead atoms. The minimum absolute atomic E-state index is 0.0217. The number of carbonyl (C=O) groups is 5. The first-order chi connectivity index (χ1) is 26.9. The van der Waals surface area contributed by atoms with E-state index < -0.39 is 53.9 Å². The molecule has 17 heteroatoms. The number of nitrogens with one attached hydrogen (secondary N) is 4. The fraction of sp³-hybridized carbons (Fsp3) is 0.462. The van der Waals surface area contributed by atoms with Crippen molar-refractivity contribution in [1.29, 1.82) is 0 Å². The van der Waals surface area contributed by atoms with E-state index in [2.05, 4.69) is 30.9 Å². The van der Waals surface area contributed by atoms with Crippen LogP contribution >= 0.6 is 0 Å². The number of hydrogen-bond acceptors (Lipinski definition) is 10. The van der Waals surface area contributed by atoms with Crippen LogP contribution in [0.15, 0.2) is 53.7 Å². The number of aromatic amines is 1. The Balaban J connectivity index is 1.19. The molecule has 0 saturated carbocycles. The van der Waals surface area contributed by atoms with Crippen molar-refractivity contribution in [1.82, 2.24) is 30.4 Å². The van der Waals surface area contributed by atoms with E-state index in [1.807, 2.05) is 38.1 Å². The van der Waals surface area contributed by atoms with Crippen LogP contribution in [0.2, 0.25) is 0 Å². The fourth-order valence-electron chi connectivity index (χ4n) is 7.15. The number of nitrogens with zero attached hydrogens (tertiary/aromatic N) is 4. The van der Waals surface area contributed by atoms with Gasteiger partial charge in [0.1, 0.15) is 29.8 Å². The molecule has 0 spiro atoms. The summed E-state index contributed by atoms with van der Waals surface area (Å²) in [6, 6.07) is 8.72. The average Bonchev–Trinajstić information content (AvgIpc) is 3.98. The highest BCUT2D eigenvalue weighted by Crippen LogP contribution is 2.33. The predicted molar refractivity (Wildman–Crippen MR) is 202 cm³/mol. The maximum absolute atomic E-state index is 15.3. The van der Waals surface area contributed by atoms with Crippen LogP contribution in [-0.4, -0.2) is 108 Å². The van der Waals surface area contributed by atoms with E-state index >= 15 is 4.39 Å². The van der Waals surface area contributed by atoms with Crippen molar-refractivity contribution in [2.24, 2.45) is 16.8 Å². The maximum Gasteiger partial charge on any atom is 0.407 e. The van der Waals surface area contributed by atoms with E-state index in [0.717, 1.165) is 17.7 Å². The molecule has 16 nitrogen and oxygen atoms in total. The molecule has 1 aromatic heterocycles. The van der Waals surface area contributed by atoms with Crippen LogP contribution in [0.4, 0.5) is 19.7 Å². The Bertz CT molecular complexity index is 1960. The van der Waals surface area contributed by atoms with Gasteiger partial charge in [-0.15, -0.1) is 0 Å². The minimum Gasteiger partial charge on any atom is -0.453 e. The van der Waals surface area contributed by atoms with Gasteiger partial charge in [0.25, 0.3) is 11.8 Å². The van der Waals surface area contributed by atoms with Gasteiger partial charge in [-0.2, -0.15) is 0 Å². The van der Waals surface area contributed by atoms with Gasteiger partial charge in [-0.05, 0) is 60.4 Å². The highest BCUT2D eigenvalue weighted by Gasteiger charge is 2.40.